The molecule has 1 aliphatic carbocycles. The van der Waals surface area contributed by atoms with E-state index in [4.69, 9.17) is 5.73 Å². The summed E-state index contributed by atoms with van der Waals surface area (Å²) in [6.07, 6.45) is 3.90. The number of piperidine rings is 1. The van der Waals surface area contributed by atoms with Crippen LogP contribution in [-0.4, -0.2) is 47.2 Å². The van der Waals surface area contributed by atoms with Crippen LogP contribution in [0.3, 0.4) is 0 Å². The number of hydrogen-bond donors (Lipinski definition) is 2. The molecule has 1 aromatic heterocycles. The maximum Gasteiger partial charge on any atom is 0.354 e. The van der Waals surface area contributed by atoms with Crippen molar-refractivity contribution in [3.8, 4) is 5.69 Å². The first-order valence-corrected chi connectivity index (χ1v) is 9.93. The first-order chi connectivity index (χ1) is 13.1. The Hall–Kier alpha value is -2.18. The molecule has 4 atom stereocenters. The highest BCUT2D eigenvalue weighted by Gasteiger charge is 2.55. The van der Waals surface area contributed by atoms with E-state index in [1.165, 1.54) is 36.2 Å². The standard InChI is InChI=1S/C21H29N5O/c1-3-15(25-12-18-17(11-23-2)19(18)13-25)10-14-4-6-16(7-5-14)26-9-8-20(22)24-21(26)27/h4-9,15,17-19,23H,3,10-13H2,1-2H3,(H2,22,24,27)/t15?,17?,18-,19+. The number of anilines is 1. The molecule has 2 fully saturated rings. The van der Waals surface area contributed by atoms with Crippen molar-refractivity contribution in [2.45, 2.75) is 25.8 Å². The third-order valence-electron chi connectivity index (χ3n) is 6.34. The van der Waals surface area contributed by atoms with E-state index < -0.39 is 0 Å². The molecule has 1 aliphatic heterocycles. The van der Waals surface area contributed by atoms with Crippen LogP contribution in [0.2, 0.25) is 0 Å². The van der Waals surface area contributed by atoms with E-state index in [-0.39, 0.29) is 11.5 Å². The van der Waals surface area contributed by atoms with Gasteiger partial charge in [-0.1, -0.05) is 19.1 Å². The van der Waals surface area contributed by atoms with Gasteiger partial charge in [0.1, 0.15) is 5.82 Å². The van der Waals surface area contributed by atoms with E-state index >= 15 is 0 Å². The smallest absolute Gasteiger partial charge is 0.354 e. The van der Waals surface area contributed by atoms with Gasteiger partial charge in [0.25, 0.3) is 0 Å². The van der Waals surface area contributed by atoms with Crippen molar-refractivity contribution >= 4 is 5.82 Å². The Balaban J connectivity index is 1.40. The lowest BCUT2D eigenvalue weighted by Gasteiger charge is -2.29. The topological polar surface area (TPSA) is 76.2 Å². The maximum absolute atomic E-state index is 12.0. The van der Waals surface area contributed by atoms with Crippen LogP contribution in [0.5, 0.6) is 0 Å². The fraction of sp³-hybridized carbons (Fsp3) is 0.524. The molecule has 2 heterocycles. The molecule has 1 saturated heterocycles. The van der Waals surface area contributed by atoms with E-state index in [0.29, 0.717) is 6.04 Å². The minimum absolute atomic E-state index is 0.249. The molecule has 2 aromatic rings. The highest BCUT2D eigenvalue weighted by molar-refractivity contribution is 5.36. The normalized spacial score (nSPS) is 25.3. The fourth-order valence-corrected chi connectivity index (χ4v) is 4.73. The van der Waals surface area contributed by atoms with Crippen molar-refractivity contribution in [2.24, 2.45) is 17.8 Å². The molecule has 0 bridgehead atoms. The van der Waals surface area contributed by atoms with Crippen LogP contribution in [0, 0.1) is 17.8 Å². The maximum atomic E-state index is 12.0. The third kappa shape index (κ3) is 3.64. The zero-order valence-corrected chi connectivity index (χ0v) is 16.1. The van der Waals surface area contributed by atoms with Crippen LogP contribution < -0.4 is 16.7 Å². The summed E-state index contributed by atoms with van der Waals surface area (Å²) in [5.74, 6) is 2.95. The average Bonchev–Trinajstić information content (AvgIpc) is 3.11. The van der Waals surface area contributed by atoms with Gasteiger partial charge in [-0.2, -0.15) is 4.98 Å². The summed E-state index contributed by atoms with van der Waals surface area (Å²) in [5, 5.41) is 3.33. The number of benzene rings is 1. The molecule has 0 radical (unpaired) electrons. The molecule has 27 heavy (non-hydrogen) atoms. The van der Waals surface area contributed by atoms with Crippen molar-refractivity contribution in [3.05, 3.63) is 52.6 Å². The molecule has 1 aromatic carbocycles. The lowest BCUT2D eigenvalue weighted by molar-refractivity contribution is 0.200. The fourth-order valence-electron chi connectivity index (χ4n) is 4.73. The number of likely N-dealkylation sites (tertiary alicyclic amines) is 1. The molecule has 6 heteroatoms. The second kappa shape index (κ2) is 7.44. The van der Waals surface area contributed by atoms with Gasteiger partial charge in [0.2, 0.25) is 0 Å². The highest BCUT2D eigenvalue weighted by atomic mass is 16.1. The number of nitrogens with zero attached hydrogens (tertiary/aromatic N) is 3. The van der Waals surface area contributed by atoms with E-state index in [0.717, 1.165) is 29.9 Å². The summed E-state index contributed by atoms with van der Waals surface area (Å²) in [5.41, 5.74) is 7.35. The molecule has 1 saturated carbocycles. The van der Waals surface area contributed by atoms with E-state index in [1.807, 2.05) is 12.1 Å². The predicted molar refractivity (Wildman–Crippen MR) is 108 cm³/mol. The van der Waals surface area contributed by atoms with Gasteiger partial charge in [-0.05, 0) is 68.0 Å². The molecular weight excluding hydrogens is 338 g/mol. The Bertz CT molecular complexity index is 834. The second-order valence-electron chi connectivity index (χ2n) is 7.94. The summed E-state index contributed by atoms with van der Waals surface area (Å²) in [6, 6.07) is 10.5. The number of hydrogen-bond acceptors (Lipinski definition) is 5. The van der Waals surface area contributed by atoms with E-state index in [1.54, 1.807) is 12.3 Å². The summed E-state index contributed by atoms with van der Waals surface area (Å²) in [6.45, 7) is 5.95. The van der Waals surface area contributed by atoms with E-state index in [9.17, 15) is 4.79 Å². The lowest BCUT2D eigenvalue weighted by atomic mass is 10.0. The average molecular weight is 367 g/mol. The molecule has 6 nitrogen and oxygen atoms in total. The Morgan fingerprint density at radius 2 is 1.93 bits per heavy atom. The number of nitrogens with two attached hydrogens (primary N) is 1. The van der Waals surface area contributed by atoms with Gasteiger partial charge in [0.15, 0.2) is 0 Å². The van der Waals surface area contributed by atoms with Crippen LogP contribution in [0.4, 0.5) is 5.82 Å². The Kier molecular flexibility index (Phi) is 5.02. The van der Waals surface area contributed by atoms with Gasteiger partial charge in [-0.3, -0.25) is 9.47 Å². The van der Waals surface area contributed by atoms with Gasteiger partial charge in [-0.15, -0.1) is 0 Å². The number of nitrogens with one attached hydrogen (secondary N) is 1. The van der Waals surface area contributed by atoms with Gasteiger partial charge in [0, 0.05) is 25.3 Å². The minimum Gasteiger partial charge on any atom is -0.383 e. The lowest BCUT2D eigenvalue weighted by Crippen LogP contribution is -2.37. The summed E-state index contributed by atoms with van der Waals surface area (Å²) in [4.78, 5) is 18.5. The minimum atomic E-state index is -0.346. The van der Waals surface area contributed by atoms with Crippen molar-refractivity contribution in [1.82, 2.24) is 19.8 Å². The zero-order chi connectivity index (χ0) is 19.0. The number of rotatable bonds is 7. The van der Waals surface area contributed by atoms with Gasteiger partial charge in [0.05, 0.1) is 5.69 Å². The van der Waals surface area contributed by atoms with Crippen LogP contribution >= 0.6 is 0 Å². The Labute approximate surface area is 160 Å². The summed E-state index contributed by atoms with van der Waals surface area (Å²) in [7, 11) is 2.05. The third-order valence-corrected chi connectivity index (χ3v) is 6.34. The Morgan fingerprint density at radius 3 is 2.52 bits per heavy atom. The first kappa shape index (κ1) is 18.2. The molecule has 3 N–H and O–H groups in total. The molecule has 0 amide bonds. The predicted octanol–water partition coefficient (Wildman–Crippen LogP) is 1.53. The molecule has 2 aliphatic rings. The first-order valence-electron chi connectivity index (χ1n) is 9.93. The van der Waals surface area contributed by atoms with Gasteiger partial charge in [-0.25, -0.2) is 4.79 Å². The summed E-state index contributed by atoms with van der Waals surface area (Å²) < 4.78 is 1.52. The highest BCUT2D eigenvalue weighted by Crippen LogP contribution is 2.51. The summed E-state index contributed by atoms with van der Waals surface area (Å²) >= 11 is 0. The zero-order valence-electron chi connectivity index (χ0n) is 16.1. The van der Waals surface area contributed by atoms with Crippen molar-refractivity contribution in [3.63, 3.8) is 0 Å². The van der Waals surface area contributed by atoms with Crippen LogP contribution in [0.1, 0.15) is 18.9 Å². The van der Waals surface area contributed by atoms with Crippen LogP contribution in [-0.2, 0) is 6.42 Å². The molecule has 144 valence electrons. The molecule has 2 unspecified atom stereocenters. The SMILES string of the molecule is CCC(Cc1ccc(-n2ccc(N)nc2=O)cc1)N1C[C@@H]2C(CNC)[C@@H]2C1. The Morgan fingerprint density at radius 1 is 1.22 bits per heavy atom. The number of nitrogen functional groups attached to an aromatic ring is 1. The molecule has 4 rings (SSSR count). The van der Waals surface area contributed by atoms with Crippen LogP contribution in [0.15, 0.2) is 41.3 Å². The van der Waals surface area contributed by atoms with E-state index in [2.05, 4.69) is 41.3 Å². The van der Waals surface area contributed by atoms with Crippen molar-refractivity contribution in [1.29, 1.82) is 0 Å². The number of aromatic nitrogens is 2. The van der Waals surface area contributed by atoms with Gasteiger partial charge < -0.3 is 11.1 Å². The molecule has 0 spiro atoms. The second-order valence-corrected chi connectivity index (χ2v) is 7.94. The van der Waals surface area contributed by atoms with Crippen molar-refractivity contribution in [2.75, 3.05) is 32.4 Å². The molecular formula is C21H29N5O. The monoisotopic (exact) mass is 367 g/mol. The quantitative estimate of drug-likeness (QED) is 0.776. The largest absolute Gasteiger partial charge is 0.383 e. The number of fused-ring (bicyclic) bond motifs is 1. The van der Waals surface area contributed by atoms with Crippen LogP contribution in [0.25, 0.3) is 5.69 Å². The van der Waals surface area contributed by atoms with Crippen molar-refractivity contribution < 1.29 is 0 Å². The van der Waals surface area contributed by atoms with Gasteiger partial charge >= 0.3 is 5.69 Å².